The highest BCUT2D eigenvalue weighted by Gasteiger charge is 2.35. The number of aromatic nitrogens is 3. The first-order chi connectivity index (χ1) is 22.3. The molecule has 3 aromatic heterocycles. The van der Waals surface area contributed by atoms with Gasteiger partial charge in [0, 0.05) is 43.5 Å². The van der Waals surface area contributed by atoms with E-state index in [1.54, 1.807) is 11.1 Å². The summed E-state index contributed by atoms with van der Waals surface area (Å²) in [5.74, 6) is -1.26. The van der Waals surface area contributed by atoms with Crippen molar-refractivity contribution in [3.63, 3.8) is 0 Å². The number of pyridine rings is 2. The fourth-order valence-corrected chi connectivity index (χ4v) is 6.50. The number of ether oxygens (including phenoxy) is 1. The lowest BCUT2D eigenvalue weighted by Crippen LogP contribution is -2.44. The van der Waals surface area contributed by atoms with Crippen molar-refractivity contribution in [2.24, 2.45) is 5.92 Å². The molecule has 0 aromatic carbocycles. The van der Waals surface area contributed by atoms with Gasteiger partial charge in [0.05, 0.1) is 17.0 Å². The van der Waals surface area contributed by atoms with Gasteiger partial charge in [0.25, 0.3) is 5.91 Å². The lowest BCUT2D eigenvalue weighted by Gasteiger charge is -2.37. The second kappa shape index (κ2) is 13.3. The number of carbonyl (C=O) groups excluding carboxylic acids is 2. The van der Waals surface area contributed by atoms with Gasteiger partial charge < -0.3 is 29.4 Å². The molecule has 2 aliphatic rings. The zero-order valence-corrected chi connectivity index (χ0v) is 28.2. The third-order valence-electron chi connectivity index (χ3n) is 8.96. The van der Waals surface area contributed by atoms with Gasteiger partial charge in [-0.3, -0.25) is 4.79 Å². The Hall–Kier alpha value is -3.78. The standard InChI is InChI=1S/C34H44F4N6O4/c1-20-7-8-25(34(36,37)38)41-28(20)30(45)40-24-19-44-18-23(39-29(44)27(35)26(24)33(5,6)47)22-11-13-42(14-12-22)17-21-9-15-43(16-10-21)31(46)48-32(2,3)4/h7-8,18-19,21-22,47H,9-17H2,1-6H3,(H,40,45). The highest BCUT2D eigenvalue weighted by molar-refractivity contribution is 6.04. The number of aliphatic hydroxyl groups is 1. The zero-order chi connectivity index (χ0) is 35.2. The summed E-state index contributed by atoms with van der Waals surface area (Å²) >= 11 is 0. The molecule has 0 spiro atoms. The molecule has 3 aromatic rings. The van der Waals surface area contributed by atoms with Gasteiger partial charge in [0.15, 0.2) is 11.5 Å². The normalized spacial score (nSPS) is 17.6. The SMILES string of the molecule is Cc1ccc(C(F)(F)F)nc1C(=O)Nc1cn2cc(C3CCN(CC4CCN(C(=O)OC(C)(C)C)CC4)CC3)nc2c(F)c1C(C)(C)O. The molecule has 48 heavy (non-hydrogen) atoms. The van der Waals surface area contributed by atoms with Crippen molar-refractivity contribution < 1.29 is 37.0 Å². The van der Waals surface area contributed by atoms with Gasteiger partial charge in [-0.15, -0.1) is 0 Å². The molecular formula is C34H44F4N6O4. The number of likely N-dealkylation sites (tertiary alicyclic amines) is 2. The number of nitrogens with one attached hydrogen (secondary N) is 1. The molecule has 14 heteroatoms. The van der Waals surface area contributed by atoms with Crippen LogP contribution in [0.15, 0.2) is 24.5 Å². The number of imidazole rings is 1. The Bertz CT molecular complexity index is 1660. The number of nitrogens with zero attached hydrogens (tertiary/aromatic N) is 5. The minimum atomic E-state index is -4.75. The van der Waals surface area contributed by atoms with Gasteiger partial charge >= 0.3 is 12.3 Å². The predicted molar refractivity (Wildman–Crippen MR) is 171 cm³/mol. The number of halogens is 4. The highest BCUT2D eigenvalue weighted by Crippen LogP contribution is 2.36. The Balaban J connectivity index is 1.27. The average Bonchev–Trinajstić information content (AvgIpc) is 3.40. The highest BCUT2D eigenvalue weighted by atomic mass is 19.4. The van der Waals surface area contributed by atoms with Crippen LogP contribution in [-0.4, -0.2) is 79.6 Å². The molecule has 0 aliphatic carbocycles. The Morgan fingerprint density at radius 3 is 2.21 bits per heavy atom. The molecule has 0 unspecified atom stereocenters. The van der Waals surface area contributed by atoms with Crippen LogP contribution in [0.5, 0.6) is 0 Å². The number of aryl methyl sites for hydroxylation is 1. The van der Waals surface area contributed by atoms with Crippen molar-refractivity contribution in [2.75, 3.05) is 38.0 Å². The number of hydrogen-bond acceptors (Lipinski definition) is 7. The Labute approximate surface area is 277 Å². The van der Waals surface area contributed by atoms with Crippen molar-refractivity contribution in [1.29, 1.82) is 0 Å². The fourth-order valence-electron chi connectivity index (χ4n) is 6.50. The van der Waals surface area contributed by atoms with Crippen LogP contribution in [0.1, 0.15) is 99.2 Å². The number of amides is 2. The van der Waals surface area contributed by atoms with E-state index >= 15 is 4.39 Å². The first kappa shape index (κ1) is 35.5. The van der Waals surface area contributed by atoms with E-state index in [0.29, 0.717) is 24.7 Å². The van der Waals surface area contributed by atoms with E-state index in [-0.39, 0.29) is 34.5 Å². The van der Waals surface area contributed by atoms with Crippen LogP contribution in [0.4, 0.5) is 28.0 Å². The molecule has 2 fully saturated rings. The molecule has 10 nitrogen and oxygen atoms in total. The molecule has 0 bridgehead atoms. The maximum absolute atomic E-state index is 16.0. The van der Waals surface area contributed by atoms with Gasteiger partial charge in [-0.05, 0) is 97.9 Å². The smallest absolute Gasteiger partial charge is 0.433 e. The zero-order valence-electron chi connectivity index (χ0n) is 28.2. The molecule has 5 rings (SSSR count). The minimum absolute atomic E-state index is 0.0207. The largest absolute Gasteiger partial charge is 0.444 e. The van der Waals surface area contributed by atoms with Gasteiger partial charge in [0.1, 0.15) is 17.0 Å². The molecule has 2 amide bonds. The predicted octanol–water partition coefficient (Wildman–Crippen LogP) is 6.50. The number of carbonyl (C=O) groups is 2. The first-order valence-corrected chi connectivity index (χ1v) is 16.3. The number of alkyl halides is 3. The molecule has 2 N–H and O–H groups in total. The van der Waals surface area contributed by atoms with Gasteiger partial charge in [-0.1, -0.05) is 6.07 Å². The second-order valence-corrected chi connectivity index (χ2v) is 14.5. The fraction of sp³-hybridized carbons (Fsp3) is 0.588. The third-order valence-corrected chi connectivity index (χ3v) is 8.96. The maximum Gasteiger partial charge on any atom is 0.433 e. The summed E-state index contributed by atoms with van der Waals surface area (Å²) in [6.45, 7) is 13.7. The quantitative estimate of drug-likeness (QED) is 0.287. The third kappa shape index (κ3) is 8.08. The molecule has 0 radical (unpaired) electrons. The summed E-state index contributed by atoms with van der Waals surface area (Å²) in [4.78, 5) is 37.9. The maximum atomic E-state index is 16.0. The van der Waals surface area contributed by atoms with Crippen LogP contribution in [0.2, 0.25) is 0 Å². The molecule has 2 aliphatic heterocycles. The van der Waals surface area contributed by atoms with E-state index in [1.807, 2.05) is 20.8 Å². The Morgan fingerprint density at radius 1 is 0.979 bits per heavy atom. The van der Waals surface area contributed by atoms with E-state index in [9.17, 15) is 27.9 Å². The van der Waals surface area contributed by atoms with Gasteiger partial charge in [-0.25, -0.2) is 19.2 Å². The number of hydrogen-bond donors (Lipinski definition) is 2. The Morgan fingerprint density at radius 2 is 1.62 bits per heavy atom. The monoisotopic (exact) mass is 676 g/mol. The molecule has 2 saturated heterocycles. The van der Waals surface area contributed by atoms with Crippen molar-refractivity contribution >= 4 is 23.3 Å². The molecule has 0 atom stereocenters. The Kier molecular flexibility index (Phi) is 9.81. The summed E-state index contributed by atoms with van der Waals surface area (Å²) in [6, 6.07) is 1.93. The second-order valence-electron chi connectivity index (χ2n) is 14.5. The van der Waals surface area contributed by atoms with Crippen molar-refractivity contribution in [3.05, 3.63) is 58.6 Å². The van der Waals surface area contributed by atoms with Gasteiger partial charge in [0.2, 0.25) is 0 Å². The summed E-state index contributed by atoms with van der Waals surface area (Å²) in [7, 11) is 0. The van der Waals surface area contributed by atoms with Crippen LogP contribution >= 0.6 is 0 Å². The van der Waals surface area contributed by atoms with Crippen LogP contribution in [0.25, 0.3) is 5.65 Å². The number of fused-ring (bicyclic) bond motifs is 1. The van der Waals surface area contributed by atoms with E-state index < -0.39 is 40.5 Å². The number of piperidine rings is 2. The average molecular weight is 677 g/mol. The van der Waals surface area contributed by atoms with E-state index in [1.165, 1.54) is 31.4 Å². The van der Waals surface area contributed by atoms with Crippen LogP contribution < -0.4 is 5.32 Å². The van der Waals surface area contributed by atoms with Crippen molar-refractivity contribution in [3.8, 4) is 0 Å². The van der Waals surface area contributed by atoms with E-state index in [0.717, 1.165) is 57.5 Å². The van der Waals surface area contributed by atoms with E-state index in [2.05, 4.69) is 20.2 Å². The lowest BCUT2D eigenvalue weighted by molar-refractivity contribution is -0.141. The number of anilines is 1. The first-order valence-electron chi connectivity index (χ1n) is 16.3. The van der Waals surface area contributed by atoms with Gasteiger partial charge in [-0.2, -0.15) is 13.2 Å². The number of rotatable bonds is 6. The molecule has 262 valence electrons. The van der Waals surface area contributed by atoms with Crippen molar-refractivity contribution in [2.45, 2.75) is 90.5 Å². The van der Waals surface area contributed by atoms with Crippen LogP contribution in [0.3, 0.4) is 0 Å². The summed E-state index contributed by atoms with van der Waals surface area (Å²) < 4.78 is 62.9. The molecule has 5 heterocycles. The summed E-state index contributed by atoms with van der Waals surface area (Å²) in [5.41, 5.74) is -3.44. The lowest BCUT2D eigenvalue weighted by atomic mass is 9.91. The minimum Gasteiger partial charge on any atom is -0.444 e. The topological polar surface area (TPSA) is 112 Å². The van der Waals surface area contributed by atoms with Crippen molar-refractivity contribution in [1.82, 2.24) is 24.2 Å². The van der Waals surface area contributed by atoms with Crippen LogP contribution in [-0.2, 0) is 16.5 Å². The molecule has 0 saturated carbocycles. The van der Waals surface area contributed by atoms with E-state index in [4.69, 9.17) is 4.74 Å². The van der Waals surface area contributed by atoms with Crippen LogP contribution in [0, 0.1) is 18.7 Å². The summed E-state index contributed by atoms with van der Waals surface area (Å²) in [6.07, 6.45) is 1.54. The molecular weight excluding hydrogens is 632 g/mol. The summed E-state index contributed by atoms with van der Waals surface area (Å²) in [5, 5.41) is 13.4.